The maximum Gasteiger partial charge on any atom is 0.251 e. The Morgan fingerprint density at radius 2 is 1.71 bits per heavy atom. The molecule has 1 aromatic heterocycles. The molecule has 0 spiro atoms. The first-order valence-electron chi connectivity index (χ1n) is 9.10. The lowest BCUT2D eigenvalue weighted by atomic mass is 10.0. The van der Waals surface area contributed by atoms with E-state index in [1.807, 2.05) is 49.4 Å². The molecule has 0 saturated heterocycles. The Morgan fingerprint density at radius 1 is 1.04 bits per heavy atom. The van der Waals surface area contributed by atoms with Crippen molar-refractivity contribution in [3.05, 3.63) is 71.9 Å². The van der Waals surface area contributed by atoms with Crippen molar-refractivity contribution in [2.24, 2.45) is 0 Å². The van der Waals surface area contributed by atoms with Gasteiger partial charge >= 0.3 is 0 Å². The lowest BCUT2D eigenvalue weighted by Crippen LogP contribution is -2.38. The van der Waals surface area contributed by atoms with E-state index < -0.39 is 0 Å². The Balaban J connectivity index is 1.54. The lowest BCUT2D eigenvalue weighted by Gasteiger charge is -2.13. The highest BCUT2D eigenvalue weighted by Gasteiger charge is 2.18. The van der Waals surface area contributed by atoms with E-state index >= 15 is 0 Å². The Hall–Kier alpha value is -3.48. The van der Waals surface area contributed by atoms with Gasteiger partial charge in [0.15, 0.2) is 5.82 Å². The first-order chi connectivity index (χ1) is 13.6. The van der Waals surface area contributed by atoms with E-state index in [0.29, 0.717) is 23.7 Å². The van der Waals surface area contributed by atoms with Crippen LogP contribution in [0.15, 0.2) is 59.1 Å². The van der Waals surface area contributed by atoms with Crippen LogP contribution < -0.4 is 10.6 Å². The summed E-state index contributed by atoms with van der Waals surface area (Å²) >= 11 is 0. The number of rotatable bonds is 7. The van der Waals surface area contributed by atoms with Gasteiger partial charge in [0.2, 0.25) is 11.8 Å². The monoisotopic (exact) mass is 378 g/mol. The van der Waals surface area contributed by atoms with Gasteiger partial charge in [-0.05, 0) is 29.7 Å². The van der Waals surface area contributed by atoms with Gasteiger partial charge in [-0.15, -0.1) is 0 Å². The summed E-state index contributed by atoms with van der Waals surface area (Å²) in [5, 5.41) is 9.25. The molecule has 1 heterocycles. The van der Waals surface area contributed by atoms with Crippen molar-refractivity contribution in [2.75, 3.05) is 6.54 Å². The molecule has 28 heavy (non-hydrogen) atoms. The zero-order chi connectivity index (χ0) is 19.9. The van der Waals surface area contributed by atoms with Crippen molar-refractivity contribution >= 4 is 11.8 Å². The van der Waals surface area contributed by atoms with Crippen molar-refractivity contribution in [1.82, 2.24) is 20.8 Å². The average Bonchev–Trinajstić information content (AvgIpc) is 3.17. The second-order valence-corrected chi connectivity index (χ2v) is 6.33. The molecular formula is C21H22N4O3. The molecule has 0 saturated carbocycles. The summed E-state index contributed by atoms with van der Waals surface area (Å²) in [6, 6.07) is 16.8. The third-order valence-electron chi connectivity index (χ3n) is 4.26. The highest BCUT2D eigenvalue weighted by atomic mass is 16.5. The molecule has 0 radical (unpaired) electrons. The van der Waals surface area contributed by atoms with Crippen LogP contribution in [0.1, 0.15) is 41.5 Å². The predicted octanol–water partition coefficient (Wildman–Crippen LogP) is 3.04. The van der Waals surface area contributed by atoms with Gasteiger partial charge in [0.1, 0.15) is 0 Å². The fraction of sp³-hybridized carbons (Fsp3) is 0.238. The van der Waals surface area contributed by atoms with Crippen LogP contribution in [0.5, 0.6) is 0 Å². The summed E-state index contributed by atoms with van der Waals surface area (Å²) in [4.78, 5) is 28.6. The minimum atomic E-state index is -0.355. The number of amides is 2. The highest BCUT2D eigenvalue weighted by molar-refractivity contribution is 5.96. The molecule has 2 amide bonds. The molecule has 0 aliphatic rings. The molecule has 2 N–H and O–H groups in total. The van der Waals surface area contributed by atoms with E-state index in [2.05, 4.69) is 20.8 Å². The van der Waals surface area contributed by atoms with E-state index in [1.165, 1.54) is 0 Å². The van der Waals surface area contributed by atoms with Crippen LogP contribution in [0.4, 0.5) is 0 Å². The second-order valence-electron chi connectivity index (χ2n) is 6.33. The van der Waals surface area contributed by atoms with Gasteiger partial charge in [0.05, 0.1) is 12.6 Å². The van der Waals surface area contributed by atoms with Crippen molar-refractivity contribution in [1.29, 1.82) is 0 Å². The fourth-order valence-corrected chi connectivity index (χ4v) is 2.76. The van der Waals surface area contributed by atoms with Crippen LogP contribution in [0.3, 0.4) is 0 Å². The number of carbonyl (C=O) groups excluding carboxylic acids is 2. The molecule has 0 aliphatic heterocycles. The highest BCUT2D eigenvalue weighted by Crippen LogP contribution is 2.19. The molecule has 144 valence electrons. The third kappa shape index (κ3) is 4.82. The van der Waals surface area contributed by atoms with Crippen molar-refractivity contribution < 1.29 is 14.1 Å². The first-order valence-corrected chi connectivity index (χ1v) is 9.10. The van der Waals surface area contributed by atoms with E-state index in [9.17, 15) is 9.59 Å². The quantitative estimate of drug-likeness (QED) is 0.659. The largest absolute Gasteiger partial charge is 0.344 e. The summed E-state index contributed by atoms with van der Waals surface area (Å²) in [6.07, 6.45) is 0.611. The Morgan fingerprint density at radius 3 is 2.32 bits per heavy atom. The number of hydrogen-bond donors (Lipinski definition) is 2. The molecule has 7 nitrogen and oxygen atoms in total. The summed E-state index contributed by atoms with van der Waals surface area (Å²) in [5.41, 5.74) is 2.60. The average molecular weight is 378 g/mol. The van der Waals surface area contributed by atoms with Gasteiger partial charge in [0.25, 0.3) is 5.91 Å². The van der Waals surface area contributed by atoms with Crippen molar-refractivity contribution in [3.63, 3.8) is 0 Å². The Labute approximate surface area is 163 Å². The Bertz CT molecular complexity index is 936. The molecule has 3 aromatic rings. The van der Waals surface area contributed by atoms with Gasteiger partial charge in [-0.25, -0.2) is 0 Å². The van der Waals surface area contributed by atoms with Gasteiger partial charge in [0, 0.05) is 12.5 Å². The maximum absolute atomic E-state index is 12.3. The number of aryl methyl sites for hydroxylation is 1. The zero-order valence-corrected chi connectivity index (χ0v) is 15.8. The molecule has 3 rings (SSSR count). The minimum absolute atomic E-state index is 0.132. The summed E-state index contributed by atoms with van der Waals surface area (Å²) in [6.45, 7) is 3.46. The zero-order valence-electron chi connectivity index (χ0n) is 15.8. The molecular weight excluding hydrogens is 356 g/mol. The third-order valence-corrected chi connectivity index (χ3v) is 4.26. The van der Waals surface area contributed by atoms with Crippen LogP contribution in [0, 0.1) is 6.92 Å². The van der Waals surface area contributed by atoms with Crippen LogP contribution in [-0.2, 0) is 4.79 Å². The molecule has 1 atom stereocenters. The molecule has 0 unspecified atom stereocenters. The smallest absolute Gasteiger partial charge is 0.251 e. The van der Waals surface area contributed by atoms with Crippen molar-refractivity contribution in [2.45, 2.75) is 26.3 Å². The number of nitrogens with one attached hydrogen (secondary N) is 2. The second kappa shape index (κ2) is 8.94. The number of carbonyl (C=O) groups is 2. The number of benzene rings is 2. The fourth-order valence-electron chi connectivity index (χ4n) is 2.76. The molecule has 0 fully saturated rings. The Kier molecular flexibility index (Phi) is 6.16. The van der Waals surface area contributed by atoms with Crippen LogP contribution in [0.25, 0.3) is 11.1 Å². The van der Waals surface area contributed by atoms with Gasteiger partial charge in [-0.1, -0.05) is 54.5 Å². The van der Waals surface area contributed by atoms with Crippen LogP contribution >= 0.6 is 0 Å². The molecule has 7 heteroatoms. The molecule has 0 bridgehead atoms. The predicted molar refractivity (Wildman–Crippen MR) is 104 cm³/mol. The van der Waals surface area contributed by atoms with Gasteiger partial charge in [-0.2, -0.15) is 4.98 Å². The topological polar surface area (TPSA) is 97.1 Å². The van der Waals surface area contributed by atoms with Gasteiger partial charge < -0.3 is 15.2 Å². The van der Waals surface area contributed by atoms with Crippen molar-refractivity contribution in [3.8, 4) is 11.1 Å². The van der Waals surface area contributed by atoms with E-state index in [1.54, 1.807) is 19.1 Å². The van der Waals surface area contributed by atoms with E-state index in [4.69, 9.17) is 4.52 Å². The lowest BCUT2D eigenvalue weighted by molar-refractivity contribution is -0.121. The maximum atomic E-state index is 12.3. The van der Waals surface area contributed by atoms with E-state index in [0.717, 1.165) is 11.1 Å². The number of nitrogens with zero attached hydrogens (tertiary/aromatic N) is 2. The SMILES string of the molecule is CC[C@H](NC(=O)CNC(=O)c1ccc(-c2ccccc2)cc1)c1noc(C)n1. The van der Waals surface area contributed by atoms with Crippen LogP contribution in [-0.4, -0.2) is 28.5 Å². The minimum Gasteiger partial charge on any atom is -0.344 e. The molecule has 0 aliphatic carbocycles. The number of hydrogen-bond acceptors (Lipinski definition) is 5. The first kappa shape index (κ1) is 19.3. The summed E-state index contributed by atoms with van der Waals surface area (Å²) in [5.74, 6) is 0.243. The van der Waals surface area contributed by atoms with Gasteiger partial charge in [-0.3, -0.25) is 9.59 Å². The normalized spacial score (nSPS) is 11.6. The molecule has 2 aromatic carbocycles. The van der Waals surface area contributed by atoms with Crippen LogP contribution in [0.2, 0.25) is 0 Å². The summed E-state index contributed by atoms with van der Waals surface area (Å²) < 4.78 is 4.94. The summed E-state index contributed by atoms with van der Waals surface area (Å²) in [7, 11) is 0. The number of aromatic nitrogens is 2. The standard InChI is InChI=1S/C21H22N4O3/c1-3-18(20-23-14(2)28-25-20)24-19(26)13-22-21(27)17-11-9-16(10-12-17)15-7-5-4-6-8-15/h4-12,18H,3,13H2,1-2H3,(H,22,27)(H,24,26)/t18-/m0/s1. The van der Waals surface area contributed by atoms with E-state index in [-0.39, 0.29) is 24.4 Å².